The standard InChI is InChI=1S/C18H20ClN5O2S/c1-4-24-17(15-6-5-9-26-15)21-22-18(24)27-11-16(25)20-13-10-12(19)7-8-14(13)23(2)3/h5-10H,4,11H2,1-3H3,(H,20,25). The second-order valence-corrected chi connectivity index (χ2v) is 7.30. The first-order valence-corrected chi connectivity index (χ1v) is 9.72. The zero-order chi connectivity index (χ0) is 19.4. The number of nitrogens with one attached hydrogen (secondary N) is 1. The van der Waals surface area contributed by atoms with Gasteiger partial charge in [0.05, 0.1) is 23.4 Å². The lowest BCUT2D eigenvalue weighted by Crippen LogP contribution is -2.18. The number of halogens is 1. The second kappa shape index (κ2) is 8.49. The van der Waals surface area contributed by atoms with Crippen LogP contribution in [0, 0.1) is 0 Å². The molecule has 0 spiro atoms. The number of thioether (sulfide) groups is 1. The smallest absolute Gasteiger partial charge is 0.234 e. The minimum absolute atomic E-state index is 0.143. The molecule has 2 heterocycles. The van der Waals surface area contributed by atoms with Crippen LogP contribution in [-0.2, 0) is 11.3 Å². The molecule has 2 aromatic heterocycles. The fourth-order valence-electron chi connectivity index (χ4n) is 2.58. The van der Waals surface area contributed by atoms with Crippen LogP contribution in [0.2, 0.25) is 5.02 Å². The number of rotatable bonds is 7. The first-order chi connectivity index (χ1) is 13.0. The SMILES string of the molecule is CCn1c(SCC(=O)Nc2cc(Cl)ccc2N(C)C)nnc1-c1ccco1. The van der Waals surface area contributed by atoms with E-state index in [4.69, 9.17) is 16.0 Å². The molecule has 142 valence electrons. The van der Waals surface area contributed by atoms with Gasteiger partial charge in [-0.1, -0.05) is 23.4 Å². The van der Waals surface area contributed by atoms with Crippen LogP contribution in [0.15, 0.2) is 46.2 Å². The van der Waals surface area contributed by atoms with E-state index in [2.05, 4.69) is 15.5 Å². The fourth-order valence-corrected chi connectivity index (χ4v) is 3.56. The lowest BCUT2D eigenvalue weighted by atomic mass is 10.2. The van der Waals surface area contributed by atoms with Gasteiger partial charge >= 0.3 is 0 Å². The van der Waals surface area contributed by atoms with Crippen LogP contribution >= 0.6 is 23.4 Å². The molecule has 0 unspecified atom stereocenters. The molecule has 3 aromatic rings. The molecule has 0 aliphatic rings. The number of hydrogen-bond donors (Lipinski definition) is 1. The van der Waals surface area contributed by atoms with Gasteiger partial charge < -0.3 is 14.6 Å². The molecule has 0 radical (unpaired) electrons. The van der Waals surface area contributed by atoms with E-state index in [-0.39, 0.29) is 11.7 Å². The van der Waals surface area contributed by atoms with E-state index in [0.717, 1.165) is 5.69 Å². The molecule has 0 saturated carbocycles. The molecule has 0 saturated heterocycles. The molecule has 0 fully saturated rings. The predicted octanol–water partition coefficient (Wildman–Crippen LogP) is 4.01. The van der Waals surface area contributed by atoms with Crippen molar-refractivity contribution in [3.63, 3.8) is 0 Å². The molecule has 1 amide bonds. The van der Waals surface area contributed by atoms with Gasteiger partial charge in [-0.3, -0.25) is 9.36 Å². The van der Waals surface area contributed by atoms with Crippen LogP contribution in [0.25, 0.3) is 11.6 Å². The number of aromatic nitrogens is 3. The molecule has 1 aromatic carbocycles. The zero-order valence-electron chi connectivity index (χ0n) is 15.3. The highest BCUT2D eigenvalue weighted by molar-refractivity contribution is 7.99. The van der Waals surface area contributed by atoms with Gasteiger partial charge in [-0.25, -0.2) is 0 Å². The van der Waals surface area contributed by atoms with Crippen LogP contribution in [0.5, 0.6) is 0 Å². The van der Waals surface area contributed by atoms with Crippen molar-refractivity contribution in [1.82, 2.24) is 14.8 Å². The Kier molecular flexibility index (Phi) is 6.08. The predicted molar refractivity (Wildman–Crippen MR) is 109 cm³/mol. The zero-order valence-corrected chi connectivity index (χ0v) is 16.8. The summed E-state index contributed by atoms with van der Waals surface area (Å²) in [6.07, 6.45) is 1.59. The molecule has 7 nitrogen and oxygen atoms in total. The van der Waals surface area contributed by atoms with Gasteiger partial charge in [-0.15, -0.1) is 10.2 Å². The van der Waals surface area contributed by atoms with Crippen molar-refractivity contribution in [2.45, 2.75) is 18.6 Å². The quantitative estimate of drug-likeness (QED) is 0.598. The fraction of sp³-hybridized carbons (Fsp3) is 0.278. The minimum Gasteiger partial charge on any atom is -0.461 e. The highest BCUT2D eigenvalue weighted by atomic mass is 35.5. The van der Waals surface area contributed by atoms with E-state index in [1.165, 1.54) is 11.8 Å². The van der Waals surface area contributed by atoms with E-state index in [9.17, 15) is 4.79 Å². The normalized spacial score (nSPS) is 10.8. The van der Waals surface area contributed by atoms with E-state index >= 15 is 0 Å². The number of hydrogen-bond acceptors (Lipinski definition) is 6. The van der Waals surface area contributed by atoms with E-state index in [1.54, 1.807) is 24.5 Å². The van der Waals surface area contributed by atoms with Crippen LogP contribution < -0.4 is 10.2 Å². The Bertz CT molecular complexity index is 924. The number of furan rings is 1. The summed E-state index contributed by atoms with van der Waals surface area (Å²) in [6, 6.07) is 9.04. The second-order valence-electron chi connectivity index (χ2n) is 5.92. The van der Waals surface area contributed by atoms with Crippen LogP contribution in [0.3, 0.4) is 0 Å². The Hall–Kier alpha value is -2.45. The maximum absolute atomic E-state index is 12.4. The Labute approximate surface area is 166 Å². The third-order valence-electron chi connectivity index (χ3n) is 3.82. The van der Waals surface area contributed by atoms with Gasteiger partial charge in [0.1, 0.15) is 0 Å². The van der Waals surface area contributed by atoms with Crippen LogP contribution in [-0.4, -0.2) is 40.5 Å². The van der Waals surface area contributed by atoms with Crippen molar-refractivity contribution in [3.05, 3.63) is 41.6 Å². The Morgan fingerprint density at radius 3 is 2.81 bits per heavy atom. The molecular formula is C18H20ClN5O2S. The maximum atomic E-state index is 12.4. The van der Waals surface area contributed by atoms with Crippen molar-refractivity contribution in [2.75, 3.05) is 30.1 Å². The summed E-state index contributed by atoms with van der Waals surface area (Å²) in [5.41, 5.74) is 1.56. The Balaban J connectivity index is 1.69. The summed E-state index contributed by atoms with van der Waals surface area (Å²) < 4.78 is 7.32. The van der Waals surface area contributed by atoms with Crippen molar-refractivity contribution in [2.24, 2.45) is 0 Å². The molecule has 1 N–H and O–H groups in total. The molecule has 0 bridgehead atoms. The average Bonchev–Trinajstić information content (AvgIpc) is 3.28. The Morgan fingerprint density at radius 2 is 2.15 bits per heavy atom. The third kappa shape index (κ3) is 4.45. The number of carbonyl (C=O) groups excluding carboxylic acids is 1. The monoisotopic (exact) mass is 405 g/mol. The summed E-state index contributed by atoms with van der Waals surface area (Å²) in [4.78, 5) is 14.4. The molecule has 3 rings (SSSR count). The molecule has 27 heavy (non-hydrogen) atoms. The number of amides is 1. The third-order valence-corrected chi connectivity index (χ3v) is 5.02. The van der Waals surface area contributed by atoms with Gasteiger partial charge in [-0.2, -0.15) is 0 Å². The highest BCUT2D eigenvalue weighted by Gasteiger charge is 2.17. The van der Waals surface area contributed by atoms with Crippen LogP contribution in [0.1, 0.15) is 6.92 Å². The summed E-state index contributed by atoms with van der Waals surface area (Å²) in [7, 11) is 3.82. The Morgan fingerprint density at radius 1 is 1.33 bits per heavy atom. The molecule has 0 aliphatic heterocycles. The van der Waals surface area contributed by atoms with Crippen molar-refractivity contribution in [1.29, 1.82) is 0 Å². The lowest BCUT2D eigenvalue weighted by molar-refractivity contribution is -0.113. The molecule has 9 heteroatoms. The van der Waals surface area contributed by atoms with E-state index < -0.39 is 0 Å². The van der Waals surface area contributed by atoms with Gasteiger partial charge in [-0.05, 0) is 37.3 Å². The molecule has 0 aliphatic carbocycles. The first-order valence-electron chi connectivity index (χ1n) is 8.36. The number of carbonyl (C=O) groups is 1. The minimum atomic E-state index is -0.143. The van der Waals surface area contributed by atoms with Crippen molar-refractivity contribution < 1.29 is 9.21 Å². The largest absolute Gasteiger partial charge is 0.461 e. The average molecular weight is 406 g/mol. The number of anilines is 2. The first kappa shape index (κ1) is 19.3. The van der Waals surface area contributed by atoms with E-state index in [1.807, 2.05) is 42.6 Å². The van der Waals surface area contributed by atoms with Gasteiger partial charge in [0.2, 0.25) is 5.91 Å². The summed E-state index contributed by atoms with van der Waals surface area (Å²) in [5, 5.41) is 12.5. The number of nitrogens with zero attached hydrogens (tertiary/aromatic N) is 4. The van der Waals surface area contributed by atoms with Crippen molar-refractivity contribution in [3.8, 4) is 11.6 Å². The molecular weight excluding hydrogens is 386 g/mol. The summed E-state index contributed by atoms with van der Waals surface area (Å²) in [5.74, 6) is 1.36. The van der Waals surface area contributed by atoms with Crippen molar-refractivity contribution >= 4 is 40.6 Å². The maximum Gasteiger partial charge on any atom is 0.234 e. The van der Waals surface area contributed by atoms with Gasteiger partial charge in [0, 0.05) is 25.7 Å². The number of benzene rings is 1. The topological polar surface area (TPSA) is 76.2 Å². The lowest BCUT2D eigenvalue weighted by Gasteiger charge is -2.18. The van der Waals surface area contributed by atoms with Gasteiger partial charge in [0.15, 0.2) is 16.7 Å². The summed E-state index contributed by atoms with van der Waals surface area (Å²) >= 11 is 7.39. The van der Waals surface area contributed by atoms with Crippen LogP contribution in [0.4, 0.5) is 11.4 Å². The van der Waals surface area contributed by atoms with Gasteiger partial charge in [0.25, 0.3) is 0 Å². The molecule has 0 atom stereocenters. The highest BCUT2D eigenvalue weighted by Crippen LogP contribution is 2.29. The van der Waals surface area contributed by atoms with E-state index in [0.29, 0.717) is 34.0 Å². The summed E-state index contributed by atoms with van der Waals surface area (Å²) in [6.45, 7) is 2.67.